The van der Waals surface area contributed by atoms with Crippen molar-refractivity contribution >= 4 is 5.91 Å². The Morgan fingerprint density at radius 3 is 1.86 bits per heavy atom. The molecule has 192 valence electrons. The van der Waals surface area contributed by atoms with Crippen LogP contribution in [0.5, 0.6) is 0 Å². The number of ether oxygens (including phenoxy) is 4. The van der Waals surface area contributed by atoms with Crippen LogP contribution < -0.4 is 5.32 Å². The molecule has 0 spiro atoms. The fourth-order valence-corrected chi connectivity index (χ4v) is 5.04. The number of benzene rings is 3. The lowest BCUT2D eigenvalue weighted by Gasteiger charge is -2.42. The van der Waals surface area contributed by atoms with Gasteiger partial charge in [0.05, 0.1) is 18.8 Å². The van der Waals surface area contributed by atoms with Crippen molar-refractivity contribution in [2.45, 2.75) is 51.1 Å². The maximum Gasteiger partial charge on any atom is 0.253 e. The number of hydrogen-bond donors (Lipinski definition) is 1. The summed E-state index contributed by atoms with van der Waals surface area (Å²) < 4.78 is 25.2. The van der Waals surface area contributed by atoms with Gasteiger partial charge < -0.3 is 24.3 Å². The Morgan fingerprint density at radius 1 is 0.892 bits per heavy atom. The van der Waals surface area contributed by atoms with Gasteiger partial charge in [-0.1, -0.05) is 96.6 Å². The zero-order valence-corrected chi connectivity index (χ0v) is 21.4. The highest BCUT2D eigenvalue weighted by atomic mass is 16.7. The third kappa shape index (κ3) is 5.11. The Labute approximate surface area is 218 Å². The van der Waals surface area contributed by atoms with Gasteiger partial charge in [-0.3, -0.25) is 4.79 Å². The van der Waals surface area contributed by atoms with Gasteiger partial charge in [0, 0.05) is 0 Å². The third-order valence-electron chi connectivity index (χ3n) is 6.90. The molecular weight excluding hydrogens is 466 g/mol. The van der Waals surface area contributed by atoms with Crippen LogP contribution in [0.3, 0.4) is 0 Å². The summed E-state index contributed by atoms with van der Waals surface area (Å²) in [4.78, 5) is 12.0. The first kappa shape index (κ1) is 25.4. The SMILES string of the molecule is CC(C)=C1C(=O)N[C@@H]1O[C@@H]1COC(C)O[C@H]1COC(c1ccccc1)(c1ccccc1)c1ccccc1. The number of rotatable bonds is 8. The second kappa shape index (κ2) is 11.0. The molecule has 3 aromatic carbocycles. The molecule has 1 amide bonds. The highest BCUT2D eigenvalue weighted by Crippen LogP contribution is 2.41. The second-order valence-corrected chi connectivity index (χ2v) is 9.61. The van der Waals surface area contributed by atoms with Gasteiger partial charge in [-0.2, -0.15) is 0 Å². The van der Waals surface area contributed by atoms with E-state index in [9.17, 15) is 4.79 Å². The van der Waals surface area contributed by atoms with E-state index in [1.54, 1.807) is 0 Å². The summed E-state index contributed by atoms with van der Waals surface area (Å²) >= 11 is 0. The predicted molar refractivity (Wildman–Crippen MR) is 141 cm³/mol. The second-order valence-electron chi connectivity index (χ2n) is 9.61. The quantitative estimate of drug-likeness (QED) is 0.270. The molecule has 3 aromatic rings. The van der Waals surface area contributed by atoms with Gasteiger partial charge in [0.25, 0.3) is 5.91 Å². The minimum Gasteiger partial charge on any atom is -0.358 e. The molecular formula is C31H33NO5. The minimum absolute atomic E-state index is 0.0972. The molecule has 2 saturated heterocycles. The summed E-state index contributed by atoms with van der Waals surface area (Å²) in [6.07, 6.45) is -1.70. The van der Waals surface area contributed by atoms with Gasteiger partial charge >= 0.3 is 0 Å². The maximum absolute atomic E-state index is 12.0. The molecule has 1 unspecified atom stereocenters. The number of nitrogens with one attached hydrogen (secondary N) is 1. The molecule has 2 heterocycles. The molecule has 37 heavy (non-hydrogen) atoms. The Hall–Kier alpha value is -3.29. The molecule has 2 aliphatic rings. The van der Waals surface area contributed by atoms with E-state index in [0.717, 1.165) is 22.3 Å². The van der Waals surface area contributed by atoms with Crippen molar-refractivity contribution in [1.82, 2.24) is 5.32 Å². The summed E-state index contributed by atoms with van der Waals surface area (Å²) in [5, 5.41) is 2.83. The van der Waals surface area contributed by atoms with Crippen LogP contribution in [-0.2, 0) is 29.3 Å². The maximum atomic E-state index is 12.0. The highest BCUT2D eigenvalue weighted by molar-refractivity contribution is 6.01. The molecule has 0 saturated carbocycles. The molecule has 2 fully saturated rings. The average molecular weight is 500 g/mol. The van der Waals surface area contributed by atoms with E-state index in [1.165, 1.54) is 0 Å². The molecule has 5 rings (SSSR count). The van der Waals surface area contributed by atoms with E-state index in [-0.39, 0.29) is 12.5 Å². The smallest absolute Gasteiger partial charge is 0.253 e. The summed E-state index contributed by atoms with van der Waals surface area (Å²) in [6.45, 7) is 6.28. The van der Waals surface area contributed by atoms with Crippen LogP contribution in [0, 0.1) is 0 Å². The largest absolute Gasteiger partial charge is 0.358 e. The topological polar surface area (TPSA) is 66.0 Å². The Morgan fingerprint density at radius 2 is 1.41 bits per heavy atom. The molecule has 0 aromatic heterocycles. The van der Waals surface area contributed by atoms with E-state index in [2.05, 4.69) is 41.7 Å². The number of hydrogen-bond acceptors (Lipinski definition) is 5. The average Bonchev–Trinajstić information content (AvgIpc) is 2.91. The molecule has 0 bridgehead atoms. The molecule has 6 heteroatoms. The van der Waals surface area contributed by atoms with Crippen LogP contribution in [0.15, 0.2) is 102 Å². The van der Waals surface area contributed by atoms with Gasteiger partial charge in [-0.05, 0) is 37.5 Å². The molecule has 2 aliphatic heterocycles. The number of carbonyl (C=O) groups is 1. The van der Waals surface area contributed by atoms with E-state index in [1.807, 2.05) is 75.4 Å². The Kier molecular flexibility index (Phi) is 7.53. The third-order valence-corrected chi connectivity index (χ3v) is 6.90. The van der Waals surface area contributed by atoms with Gasteiger partial charge in [-0.15, -0.1) is 0 Å². The fourth-order valence-electron chi connectivity index (χ4n) is 5.04. The summed E-state index contributed by atoms with van der Waals surface area (Å²) in [5.74, 6) is -0.0972. The lowest BCUT2D eigenvalue weighted by atomic mass is 9.80. The minimum atomic E-state index is -0.866. The summed E-state index contributed by atoms with van der Waals surface area (Å²) in [6, 6.07) is 30.7. The zero-order chi connectivity index (χ0) is 25.8. The summed E-state index contributed by atoms with van der Waals surface area (Å²) in [7, 11) is 0. The van der Waals surface area contributed by atoms with Gasteiger partial charge in [0.1, 0.15) is 17.8 Å². The first-order valence-corrected chi connectivity index (χ1v) is 12.7. The van der Waals surface area contributed by atoms with E-state index in [0.29, 0.717) is 12.2 Å². The number of carbonyl (C=O) groups excluding carboxylic acids is 1. The summed E-state index contributed by atoms with van der Waals surface area (Å²) in [5.41, 5.74) is 3.78. The monoisotopic (exact) mass is 499 g/mol. The van der Waals surface area contributed by atoms with Crippen LogP contribution >= 0.6 is 0 Å². The molecule has 0 radical (unpaired) electrons. The van der Waals surface area contributed by atoms with Crippen molar-refractivity contribution in [3.63, 3.8) is 0 Å². The molecule has 1 N–H and O–H groups in total. The van der Waals surface area contributed by atoms with Crippen LogP contribution in [-0.4, -0.2) is 43.8 Å². The number of amides is 1. The van der Waals surface area contributed by atoms with Gasteiger partial charge in [0.15, 0.2) is 12.5 Å². The normalized spacial score (nSPS) is 23.8. The Balaban J connectivity index is 1.49. The molecule has 6 nitrogen and oxygen atoms in total. The van der Waals surface area contributed by atoms with Crippen LogP contribution in [0.2, 0.25) is 0 Å². The van der Waals surface area contributed by atoms with E-state index in [4.69, 9.17) is 18.9 Å². The van der Waals surface area contributed by atoms with E-state index < -0.39 is 30.3 Å². The van der Waals surface area contributed by atoms with Crippen molar-refractivity contribution in [3.05, 3.63) is 119 Å². The van der Waals surface area contributed by atoms with Gasteiger partial charge in [0.2, 0.25) is 0 Å². The standard InChI is InChI=1S/C31H33NO5/c1-21(2)28-29(33)32-30(28)37-26-19-34-22(3)36-27(26)20-35-31(23-13-7-4-8-14-23,24-15-9-5-10-16-24)25-17-11-6-12-18-25/h4-18,22,26-27,30H,19-20H2,1-3H3,(H,32,33)/t22?,26-,27+,30-/m1/s1. The van der Waals surface area contributed by atoms with Crippen molar-refractivity contribution < 1.29 is 23.7 Å². The highest BCUT2D eigenvalue weighted by Gasteiger charge is 2.43. The first-order chi connectivity index (χ1) is 18.0. The first-order valence-electron chi connectivity index (χ1n) is 12.7. The van der Waals surface area contributed by atoms with Crippen LogP contribution in [0.4, 0.5) is 0 Å². The van der Waals surface area contributed by atoms with Crippen molar-refractivity contribution in [1.29, 1.82) is 0 Å². The van der Waals surface area contributed by atoms with Crippen molar-refractivity contribution in [3.8, 4) is 0 Å². The van der Waals surface area contributed by atoms with Crippen LogP contribution in [0.1, 0.15) is 37.5 Å². The lowest BCUT2D eigenvalue weighted by Crippen LogP contribution is -2.58. The molecule has 0 aliphatic carbocycles. The van der Waals surface area contributed by atoms with E-state index >= 15 is 0 Å². The number of allylic oxidation sites excluding steroid dienone is 1. The Bertz CT molecular complexity index is 1130. The fraction of sp³-hybridized carbons (Fsp3) is 0.323. The van der Waals surface area contributed by atoms with Crippen molar-refractivity contribution in [2.75, 3.05) is 13.2 Å². The number of β-lactam (4-membered cyclic amide) rings is 1. The molecule has 4 atom stereocenters. The zero-order valence-electron chi connectivity index (χ0n) is 21.4. The van der Waals surface area contributed by atoms with Gasteiger partial charge in [-0.25, -0.2) is 0 Å². The lowest BCUT2D eigenvalue weighted by molar-refractivity contribution is -0.275. The van der Waals surface area contributed by atoms with Crippen LogP contribution in [0.25, 0.3) is 0 Å². The predicted octanol–water partition coefficient (Wildman–Crippen LogP) is 4.93. The van der Waals surface area contributed by atoms with Crippen molar-refractivity contribution in [2.24, 2.45) is 0 Å².